The Balaban J connectivity index is 3.28. The number of hydrogen-bond acceptors (Lipinski definition) is 1. The molecule has 0 bridgehead atoms. The highest BCUT2D eigenvalue weighted by Crippen LogP contribution is 2.20. The minimum Gasteiger partial charge on any atom is -0.289 e. The van der Waals surface area contributed by atoms with Gasteiger partial charge < -0.3 is 0 Å². The molecule has 0 N–H and O–H groups in total. The molecule has 0 unspecified atom stereocenters. The topological polar surface area (TPSA) is 17.1 Å². The van der Waals surface area contributed by atoms with Crippen LogP contribution in [-0.4, -0.2) is 6.29 Å². The molecule has 0 saturated heterocycles. The van der Waals surface area contributed by atoms with Gasteiger partial charge in [0, 0.05) is 10.5 Å². The van der Waals surface area contributed by atoms with E-state index in [4.69, 9.17) is 0 Å². The summed E-state index contributed by atoms with van der Waals surface area (Å²) in [5.41, 5.74) is -0.0199. The zero-order valence-electron chi connectivity index (χ0n) is 6.27. The molecule has 66 valence electrons. The summed E-state index contributed by atoms with van der Waals surface area (Å²) < 4.78 is 25.7. The highest BCUT2D eigenvalue weighted by atomic mass is 79.9. The summed E-state index contributed by atoms with van der Waals surface area (Å²) in [6, 6.07) is 1.79. The maximum absolute atomic E-state index is 12.9. The Morgan fingerprint density at radius 3 is 2.62 bits per heavy atom. The lowest BCUT2D eigenvalue weighted by atomic mass is 10.2. The lowest BCUT2D eigenvalue weighted by molar-refractivity contribution is -0.103. The average Bonchev–Trinajstić information content (AvgIpc) is 2.02. The van der Waals surface area contributed by atoms with Crippen LogP contribution in [0.2, 0.25) is 0 Å². The van der Waals surface area contributed by atoms with Gasteiger partial charge in [-0.15, -0.1) is 0 Å². The quantitative estimate of drug-likeness (QED) is 0.506. The van der Waals surface area contributed by atoms with Gasteiger partial charge in [-0.2, -0.15) is 0 Å². The minimum atomic E-state index is -0.791. The maximum Gasteiger partial charge on any atom is 0.193 e. The molecule has 0 amide bonds. The van der Waals surface area contributed by atoms with Crippen molar-refractivity contribution in [2.45, 2.75) is 0 Å². The first-order valence-electron chi connectivity index (χ1n) is 3.25. The van der Waals surface area contributed by atoms with Crippen molar-refractivity contribution in [2.24, 2.45) is 0 Å². The first kappa shape index (κ1) is 9.87. The van der Waals surface area contributed by atoms with E-state index in [0.717, 1.165) is 6.07 Å². The van der Waals surface area contributed by atoms with Crippen LogP contribution in [-0.2, 0) is 4.79 Å². The van der Waals surface area contributed by atoms with Crippen molar-refractivity contribution in [1.82, 2.24) is 0 Å². The molecule has 1 aromatic carbocycles. The normalized spacial score (nSPS) is 8.85. The van der Waals surface area contributed by atoms with Crippen molar-refractivity contribution in [2.75, 3.05) is 0 Å². The van der Waals surface area contributed by atoms with Gasteiger partial charge in [-0.25, -0.2) is 8.78 Å². The van der Waals surface area contributed by atoms with E-state index < -0.39 is 11.6 Å². The van der Waals surface area contributed by atoms with E-state index >= 15 is 0 Å². The van der Waals surface area contributed by atoms with E-state index in [1.54, 1.807) is 0 Å². The van der Waals surface area contributed by atoms with Crippen molar-refractivity contribution in [1.29, 1.82) is 0 Å². The third-order valence-corrected chi connectivity index (χ3v) is 1.89. The van der Waals surface area contributed by atoms with Crippen LogP contribution >= 0.6 is 15.9 Å². The van der Waals surface area contributed by atoms with Gasteiger partial charge in [0.05, 0.1) is 5.56 Å². The van der Waals surface area contributed by atoms with E-state index in [0.29, 0.717) is 12.4 Å². The molecule has 13 heavy (non-hydrogen) atoms. The SMILES string of the molecule is O=CC#Cc1c(F)cc(F)cc1Br. The summed E-state index contributed by atoms with van der Waals surface area (Å²) in [6.07, 6.45) is 0.342. The maximum atomic E-state index is 12.9. The Morgan fingerprint density at radius 1 is 1.38 bits per heavy atom. The van der Waals surface area contributed by atoms with E-state index in [1.165, 1.54) is 0 Å². The van der Waals surface area contributed by atoms with Crippen LogP contribution < -0.4 is 0 Å². The highest BCUT2D eigenvalue weighted by molar-refractivity contribution is 9.10. The number of aldehydes is 1. The number of benzene rings is 1. The van der Waals surface area contributed by atoms with E-state index in [9.17, 15) is 13.6 Å². The summed E-state index contributed by atoms with van der Waals surface area (Å²) in [7, 11) is 0. The van der Waals surface area contributed by atoms with Crippen molar-refractivity contribution >= 4 is 22.2 Å². The molecule has 0 saturated carbocycles. The minimum absolute atomic E-state index is 0.0199. The molecule has 0 aromatic heterocycles. The monoisotopic (exact) mass is 244 g/mol. The Hall–Kier alpha value is -1.21. The molecule has 0 aliphatic rings. The van der Waals surface area contributed by atoms with Crippen LogP contribution in [0.15, 0.2) is 16.6 Å². The Kier molecular flexibility index (Phi) is 3.15. The van der Waals surface area contributed by atoms with Crippen molar-refractivity contribution in [3.8, 4) is 11.8 Å². The lowest BCUT2D eigenvalue weighted by Crippen LogP contribution is -1.88. The van der Waals surface area contributed by atoms with Gasteiger partial charge in [0.1, 0.15) is 11.6 Å². The Morgan fingerprint density at radius 2 is 2.08 bits per heavy atom. The highest BCUT2D eigenvalue weighted by Gasteiger charge is 2.06. The van der Waals surface area contributed by atoms with Crippen molar-refractivity contribution in [3.05, 3.63) is 33.8 Å². The molecule has 0 heterocycles. The predicted octanol–water partition coefficient (Wildman–Crippen LogP) is 2.28. The second-order valence-electron chi connectivity index (χ2n) is 2.13. The summed E-state index contributed by atoms with van der Waals surface area (Å²) in [5, 5.41) is 0. The van der Waals surface area contributed by atoms with E-state index in [2.05, 4.69) is 21.9 Å². The van der Waals surface area contributed by atoms with Crippen molar-refractivity contribution < 1.29 is 13.6 Å². The Bertz CT molecular complexity index is 381. The molecule has 1 aromatic rings. The fourth-order valence-electron chi connectivity index (χ4n) is 0.763. The van der Waals surface area contributed by atoms with Crippen LogP contribution in [0.25, 0.3) is 0 Å². The second kappa shape index (κ2) is 4.15. The third kappa shape index (κ3) is 2.36. The molecule has 0 spiro atoms. The van der Waals surface area contributed by atoms with Crippen LogP contribution in [0, 0.1) is 23.5 Å². The zero-order valence-corrected chi connectivity index (χ0v) is 7.86. The number of halogens is 3. The standard InChI is InChI=1S/C9H3BrF2O/c10-8-4-6(11)5-9(12)7(8)2-1-3-13/h3-5H. The van der Waals surface area contributed by atoms with Gasteiger partial charge in [-0.1, -0.05) is 5.92 Å². The molecule has 0 fully saturated rings. The van der Waals surface area contributed by atoms with E-state index in [1.807, 2.05) is 5.92 Å². The number of hydrogen-bond donors (Lipinski definition) is 0. The number of carbonyl (C=O) groups excluding carboxylic acids is 1. The van der Waals surface area contributed by atoms with Gasteiger partial charge in [-0.3, -0.25) is 4.79 Å². The van der Waals surface area contributed by atoms with Crippen LogP contribution in [0.4, 0.5) is 8.78 Å². The summed E-state index contributed by atoms with van der Waals surface area (Å²) in [5.74, 6) is 2.81. The lowest BCUT2D eigenvalue weighted by Gasteiger charge is -1.97. The van der Waals surface area contributed by atoms with Gasteiger partial charge in [0.15, 0.2) is 6.29 Å². The smallest absolute Gasteiger partial charge is 0.193 e. The molecule has 4 heteroatoms. The fraction of sp³-hybridized carbons (Fsp3) is 0. The third-order valence-electron chi connectivity index (χ3n) is 1.26. The molecular formula is C9H3BrF2O. The molecule has 1 nitrogen and oxygen atoms in total. The molecule has 0 radical (unpaired) electrons. The van der Waals surface area contributed by atoms with Crippen molar-refractivity contribution in [3.63, 3.8) is 0 Å². The first-order valence-corrected chi connectivity index (χ1v) is 4.04. The largest absolute Gasteiger partial charge is 0.289 e. The Labute approximate surface area is 81.9 Å². The molecule has 0 atom stereocenters. The molecular weight excluding hydrogens is 242 g/mol. The van der Waals surface area contributed by atoms with Gasteiger partial charge in [-0.05, 0) is 27.9 Å². The second-order valence-corrected chi connectivity index (χ2v) is 2.99. The van der Waals surface area contributed by atoms with Crippen LogP contribution in [0.1, 0.15) is 5.56 Å². The van der Waals surface area contributed by atoms with Crippen LogP contribution in [0.5, 0.6) is 0 Å². The summed E-state index contributed by atoms with van der Waals surface area (Å²) >= 11 is 2.93. The predicted molar refractivity (Wildman–Crippen MR) is 47.0 cm³/mol. The first-order chi connectivity index (χ1) is 6.15. The number of rotatable bonds is 0. The van der Waals surface area contributed by atoms with Gasteiger partial charge in [0.2, 0.25) is 0 Å². The zero-order chi connectivity index (χ0) is 9.84. The van der Waals surface area contributed by atoms with E-state index in [-0.39, 0.29) is 10.0 Å². The average molecular weight is 245 g/mol. The molecule has 0 aliphatic heterocycles. The molecule has 0 aliphatic carbocycles. The van der Waals surface area contributed by atoms with Gasteiger partial charge >= 0.3 is 0 Å². The molecule has 1 rings (SSSR count). The fourth-order valence-corrected chi connectivity index (χ4v) is 1.27. The summed E-state index contributed by atoms with van der Waals surface area (Å²) in [6.45, 7) is 0. The van der Waals surface area contributed by atoms with Gasteiger partial charge in [0.25, 0.3) is 0 Å². The van der Waals surface area contributed by atoms with Crippen LogP contribution in [0.3, 0.4) is 0 Å². The number of carbonyl (C=O) groups is 1. The summed E-state index contributed by atoms with van der Waals surface area (Å²) in [4.78, 5) is 9.88.